The predicted octanol–water partition coefficient (Wildman–Crippen LogP) is 3.63. The van der Waals surface area contributed by atoms with Crippen molar-refractivity contribution < 1.29 is 13.2 Å². The number of thioether (sulfide) groups is 1. The number of carbonyl (C=O) groups excluding carboxylic acids is 1. The van der Waals surface area contributed by atoms with E-state index in [0.717, 1.165) is 21.4 Å². The molecule has 6 nitrogen and oxygen atoms in total. The first-order chi connectivity index (χ1) is 13.7. The number of likely N-dealkylation sites (N-methyl/N-ethyl adjacent to an activating group) is 1. The second-order valence-corrected chi connectivity index (χ2v) is 10.8. The lowest BCUT2D eigenvalue weighted by atomic mass is 10.2. The lowest BCUT2D eigenvalue weighted by Gasteiger charge is -2.22. The average Bonchev–Trinajstić information content (AvgIpc) is 3.09. The largest absolute Gasteiger partial charge is 0.308 e. The Morgan fingerprint density at radius 3 is 2.55 bits per heavy atom. The third kappa shape index (κ3) is 5.16. The molecule has 2 aromatic carbocycles. The van der Waals surface area contributed by atoms with E-state index in [1.165, 1.54) is 23.5 Å². The van der Waals surface area contributed by atoms with Gasteiger partial charge >= 0.3 is 0 Å². The first-order valence-corrected chi connectivity index (χ1v) is 12.8. The zero-order chi connectivity index (χ0) is 21.2. The van der Waals surface area contributed by atoms with E-state index in [1.54, 1.807) is 28.8 Å². The van der Waals surface area contributed by atoms with Gasteiger partial charge in [0.15, 0.2) is 15.0 Å². The van der Waals surface area contributed by atoms with Gasteiger partial charge < -0.3 is 4.90 Å². The zero-order valence-electron chi connectivity index (χ0n) is 16.7. The molecule has 29 heavy (non-hydrogen) atoms. The van der Waals surface area contributed by atoms with Crippen molar-refractivity contribution in [3.63, 3.8) is 0 Å². The molecule has 1 aromatic heterocycles. The van der Waals surface area contributed by atoms with Crippen molar-refractivity contribution in [3.8, 4) is 0 Å². The number of fused-ring (bicyclic) bond motifs is 1. The Balaban J connectivity index is 2.02. The fourth-order valence-corrected chi connectivity index (χ4v) is 4.95. The van der Waals surface area contributed by atoms with Gasteiger partial charge in [-0.15, -0.1) is 11.8 Å². The van der Waals surface area contributed by atoms with Crippen LogP contribution in [0, 0.1) is 0 Å². The number of sulfone groups is 1. The molecule has 0 spiro atoms. The third-order valence-corrected chi connectivity index (χ3v) is 7.22. The molecule has 0 unspecified atom stereocenters. The van der Waals surface area contributed by atoms with Crippen LogP contribution in [-0.4, -0.2) is 63.9 Å². The minimum absolute atomic E-state index is 0.129. The van der Waals surface area contributed by atoms with Gasteiger partial charge in [-0.2, -0.15) is 0 Å². The van der Waals surface area contributed by atoms with Crippen LogP contribution in [0.25, 0.3) is 10.2 Å². The maximum Gasteiger partial charge on any atom is 0.260 e. The van der Waals surface area contributed by atoms with Crippen molar-refractivity contribution >= 4 is 54.2 Å². The highest BCUT2D eigenvalue weighted by Crippen LogP contribution is 2.32. The number of nitrogens with zero attached hydrogens (tertiary/aromatic N) is 3. The SMILES string of the molecule is CSc1ccc2nc(N(CCN(C)C)C(=O)c3cccc(S(C)(=O)=O)c3)sc2c1. The highest BCUT2D eigenvalue weighted by molar-refractivity contribution is 7.98. The van der Waals surface area contributed by atoms with Crippen LogP contribution in [-0.2, 0) is 9.84 Å². The smallest absolute Gasteiger partial charge is 0.260 e. The van der Waals surface area contributed by atoms with Gasteiger partial charge in [-0.3, -0.25) is 9.69 Å². The molecular weight excluding hydrogens is 426 g/mol. The molecule has 154 valence electrons. The van der Waals surface area contributed by atoms with E-state index in [9.17, 15) is 13.2 Å². The first kappa shape index (κ1) is 21.8. The Morgan fingerprint density at radius 1 is 1.14 bits per heavy atom. The summed E-state index contributed by atoms with van der Waals surface area (Å²) in [5.74, 6) is -0.263. The van der Waals surface area contributed by atoms with Crippen molar-refractivity contribution in [3.05, 3.63) is 48.0 Å². The van der Waals surface area contributed by atoms with E-state index in [0.29, 0.717) is 23.8 Å². The molecule has 3 rings (SSSR count). The van der Waals surface area contributed by atoms with Gasteiger partial charge in [-0.25, -0.2) is 13.4 Å². The number of hydrogen-bond donors (Lipinski definition) is 0. The lowest BCUT2D eigenvalue weighted by molar-refractivity contribution is 0.0985. The molecule has 0 radical (unpaired) electrons. The number of aromatic nitrogens is 1. The molecule has 0 fully saturated rings. The van der Waals surface area contributed by atoms with Crippen LogP contribution < -0.4 is 4.90 Å². The Morgan fingerprint density at radius 2 is 1.90 bits per heavy atom. The van der Waals surface area contributed by atoms with Gasteiger partial charge in [0.2, 0.25) is 0 Å². The molecule has 9 heteroatoms. The number of anilines is 1. The molecule has 0 saturated heterocycles. The van der Waals surface area contributed by atoms with Gasteiger partial charge in [-0.1, -0.05) is 17.4 Å². The Bertz CT molecular complexity index is 1140. The van der Waals surface area contributed by atoms with Crippen molar-refractivity contribution in [1.29, 1.82) is 0 Å². The molecule has 1 heterocycles. The second kappa shape index (κ2) is 8.83. The number of rotatable bonds is 7. The summed E-state index contributed by atoms with van der Waals surface area (Å²) >= 11 is 3.12. The summed E-state index contributed by atoms with van der Waals surface area (Å²) in [5, 5.41) is 0.606. The normalized spacial score (nSPS) is 11.9. The first-order valence-electron chi connectivity index (χ1n) is 8.90. The molecule has 0 bridgehead atoms. The van der Waals surface area contributed by atoms with E-state index < -0.39 is 9.84 Å². The number of benzene rings is 2. The Labute approximate surface area is 179 Å². The third-order valence-electron chi connectivity index (χ3n) is 4.34. The van der Waals surface area contributed by atoms with Crippen molar-refractivity contribution in [2.24, 2.45) is 0 Å². The van der Waals surface area contributed by atoms with Gasteiger partial charge in [0.1, 0.15) is 0 Å². The summed E-state index contributed by atoms with van der Waals surface area (Å²) < 4.78 is 24.8. The van der Waals surface area contributed by atoms with Gasteiger partial charge in [0.25, 0.3) is 5.91 Å². The summed E-state index contributed by atoms with van der Waals surface area (Å²) in [6, 6.07) is 12.2. The lowest BCUT2D eigenvalue weighted by Crippen LogP contribution is -2.36. The molecule has 3 aromatic rings. The maximum absolute atomic E-state index is 13.3. The minimum Gasteiger partial charge on any atom is -0.308 e. The predicted molar refractivity (Wildman–Crippen MR) is 121 cm³/mol. The van der Waals surface area contributed by atoms with Crippen LogP contribution in [0.1, 0.15) is 10.4 Å². The number of carbonyl (C=O) groups is 1. The van der Waals surface area contributed by atoms with E-state index in [-0.39, 0.29) is 10.8 Å². The molecule has 0 saturated carbocycles. The summed E-state index contributed by atoms with van der Waals surface area (Å²) in [5.41, 5.74) is 1.17. The fourth-order valence-electron chi connectivity index (χ4n) is 2.73. The summed E-state index contributed by atoms with van der Waals surface area (Å²) in [7, 11) is 0.484. The number of hydrogen-bond acceptors (Lipinski definition) is 7. The molecule has 0 N–H and O–H groups in total. The van der Waals surface area contributed by atoms with Crippen molar-refractivity contribution in [2.75, 3.05) is 44.6 Å². The Hall–Kier alpha value is -1.94. The van der Waals surface area contributed by atoms with E-state index in [1.807, 2.05) is 37.4 Å². The fraction of sp³-hybridized carbons (Fsp3) is 0.300. The number of thiazole rings is 1. The topological polar surface area (TPSA) is 70.6 Å². The maximum atomic E-state index is 13.3. The van der Waals surface area contributed by atoms with Gasteiger partial charge in [0.05, 0.1) is 15.1 Å². The molecule has 1 amide bonds. The van der Waals surface area contributed by atoms with Crippen LogP contribution in [0.3, 0.4) is 0 Å². The van der Waals surface area contributed by atoms with E-state index in [4.69, 9.17) is 0 Å². The summed E-state index contributed by atoms with van der Waals surface area (Å²) in [6.07, 6.45) is 3.15. The monoisotopic (exact) mass is 449 g/mol. The second-order valence-electron chi connectivity index (χ2n) is 6.89. The molecular formula is C20H23N3O3S3. The minimum atomic E-state index is -3.40. The van der Waals surface area contributed by atoms with Crippen LogP contribution in [0.2, 0.25) is 0 Å². The quantitative estimate of drug-likeness (QED) is 0.513. The van der Waals surface area contributed by atoms with Gasteiger partial charge in [-0.05, 0) is 56.7 Å². The molecule has 0 aliphatic heterocycles. The van der Waals surface area contributed by atoms with Crippen LogP contribution in [0.5, 0.6) is 0 Å². The standard InChI is InChI=1S/C20H23N3O3S3/c1-22(2)10-11-23(19(24)14-6-5-7-16(12-14)29(4,25)26)20-21-17-9-8-15(27-3)13-18(17)28-20/h5-9,12-13H,10-11H2,1-4H3. The van der Waals surface area contributed by atoms with Crippen LogP contribution >= 0.6 is 23.1 Å². The number of amides is 1. The molecule has 0 atom stereocenters. The molecule has 0 aliphatic carbocycles. The highest BCUT2D eigenvalue weighted by atomic mass is 32.2. The average molecular weight is 450 g/mol. The van der Waals surface area contributed by atoms with Crippen LogP contribution in [0.15, 0.2) is 52.3 Å². The van der Waals surface area contributed by atoms with Crippen molar-refractivity contribution in [2.45, 2.75) is 9.79 Å². The Kier molecular flexibility index (Phi) is 6.62. The molecule has 0 aliphatic rings. The summed E-state index contributed by atoms with van der Waals surface area (Å²) in [6.45, 7) is 1.10. The van der Waals surface area contributed by atoms with Gasteiger partial charge in [0, 0.05) is 29.8 Å². The van der Waals surface area contributed by atoms with E-state index >= 15 is 0 Å². The highest BCUT2D eigenvalue weighted by Gasteiger charge is 2.22. The zero-order valence-corrected chi connectivity index (χ0v) is 19.2. The van der Waals surface area contributed by atoms with Crippen molar-refractivity contribution in [1.82, 2.24) is 9.88 Å². The van der Waals surface area contributed by atoms with E-state index in [2.05, 4.69) is 11.1 Å². The van der Waals surface area contributed by atoms with Crippen LogP contribution in [0.4, 0.5) is 5.13 Å². The summed E-state index contributed by atoms with van der Waals surface area (Å²) in [4.78, 5) is 22.9.